The molecular formula is C55H102O6. The number of esters is 3. The van der Waals surface area contributed by atoms with Crippen molar-refractivity contribution in [3.63, 3.8) is 0 Å². The van der Waals surface area contributed by atoms with E-state index in [4.69, 9.17) is 14.2 Å². The van der Waals surface area contributed by atoms with Crippen molar-refractivity contribution >= 4 is 17.9 Å². The van der Waals surface area contributed by atoms with Crippen molar-refractivity contribution in [1.29, 1.82) is 0 Å². The van der Waals surface area contributed by atoms with Gasteiger partial charge in [0.1, 0.15) is 13.2 Å². The third-order valence-corrected chi connectivity index (χ3v) is 11.9. The summed E-state index contributed by atoms with van der Waals surface area (Å²) in [4.78, 5) is 38.0. The molecule has 0 amide bonds. The summed E-state index contributed by atoms with van der Waals surface area (Å²) in [6.07, 6.45) is 57.3. The van der Waals surface area contributed by atoms with E-state index in [9.17, 15) is 14.4 Å². The predicted octanol–water partition coefficient (Wildman–Crippen LogP) is 17.5. The molecule has 0 unspecified atom stereocenters. The Morgan fingerprint density at radius 2 is 0.541 bits per heavy atom. The number of hydrogen-bond acceptors (Lipinski definition) is 6. The fraction of sp³-hybridized carbons (Fsp3) is 0.873. The minimum atomic E-state index is -0.774. The van der Waals surface area contributed by atoms with Gasteiger partial charge in [-0.05, 0) is 70.6 Å². The second kappa shape index (κ2) is 50.5. The Bertz CT molecular complexity index is 989. The molecule has 6 nitrogen and oxygen atoms in total. The van der Waals surface area contributed by atoms with Gasteiger partial charge in [0.25, 0.3) is 0 Å². The molecule has 0 N–H and O–H groups in total. The Morgan fingerprint density at radius 3 is 0.820 bits per heavy atom. The molecule has 0 bridgehead atoms. The van der Waals surface area contributed by atoms with Crippen LogP contribution in [0.5, 0.6) is 0 Å². The molecule has 0 aromatic rings. The second-order valence-corrected chi connectivity index (χ2v) is 18.1. The van der Waals surface area contributed by atoms with Crippen LogP contribution in [-0.4, -0.2) is 37.2 Å². The van der Waals surface area contributed by atoms with Crippen LogP contribution in [0, 0.1) is 0 Å². The van der Waals surface area contributed by atoms with E-state index in [1.807, 2.05) is 0 Å². The molecule has 0 aliphatic rings. The summed E-state index contributed by atoms with van der Waals surface area (Å²) in [5, 5.41) is 0. The van der Waals surface area contributed by atoms with Gasteiger partial charge < -0.3 is 14.2 Å². The summed E-state index contributed by atoms with van der Waals surface area (Å²) in [5.41, 5.74) is 0. The lowest BCUT2D eigenvalue weighted by Crippen LogP contribution is -2.30. The van der Waals surface area contributed by atoms with Crippen LogP contribution in [0.2, 0.25) is 0 Å². The van der Waals surface area contributed by atoms with Gasteiger partial charge >= 0.3 is 17.9 Å². The molecule has 0 aromatic carbocycles. The van der Waals surface area contributed by atoms with Gasteiger partial charge in [0.2, 0.25) is 0 Å². The highest BCUT2D eigenvalue weighted by atomic mass is 16.6. The number of carbonyl (C=O) groups is 3. The molecule has 0 rings (SSSR count). The van der Waals surface area contributed by atoms with Crippen molar-refractivity contribution in [2.24, 2.45) is 0 Å². The van der Waals surface area contributed by atoms with E-state index in [1.54, 1.807) is 0 Å². The van der Waals surface area contributed by atoms with Crippen molar-refractivity contribution < 1.29 is 28.6 Å². The fourth-order valence-electron chi connectivity index (χ4n) is 7.84. The van der Waals surface area contributed by atoms with Gasteiger partial charge in [-0.3, -0.25) is 14.4 Å². The topological polar surface area (TPSA) is 78.9 Å². The maximum absolute atomic E-state index is 12.8. The smallest absolute Gasteiger partial charge is 0.306 e. The SMILES string of the molecule is CCCCCCC/C=C\CCCCCCCC(=O)O[C@@H](COC(=O)CCCCCCC/C=C\CCCCCCCC)COC(=O)CCCCCCCCCCCCCCCC. The number of hydrogen-bond donors (Lipinski definition) is 0. The van der Waals surface area contributed by atoms with Crippen LogP contribution in [-0.2, 0) is 28.6 Å². The highest BCUT2D eigenvalue weighted by Gasteiger charge is 2.19. The number of carbonyl (C=O) groups excluding carboxylic acids is 3. The summed E-state index contributed by atoms with van der Waals surface area (Å²) >= 11 is 0. The summed E-state index contributed by atoms with van der Waals surface area (Å²) in [6.45, 7) is 6.64. The van der Waals surface area contributed by atoms with Gasteiger partial charge in [0.05, 0.1) is 0 Å². The third-order valence-electron chi connectivity index (χ3n) is 11.9. The highest BCUT2D eigenvalue weighted by molar-refractivity contribution is 5.71. The van der Waals surface area contributed by atoms with Crippen molar-refractivity contribution in [1.82, 2.24) is 0 Å². The molecule has 0 saturated carbocycles. The number of ether oxygens (including phenoxy) is 3. The average Bonchev–Trinajstić information content (AvgIpc) is 3.26. The van der Waals surface area contributed by atoms with E-state index in [2.05, 4.69) is 45.1 Å². The van der Waals surface area contributed by atoms with Crippen molar-refractivity contribution in [2.45, 2.75) is 297 Å². The standard InChI is InChI=1S/C55H102O6/c1-4-7-10-13-16-19-22-25-28-31-33-36-39-42-45-48-54(57)60-51-52(61-55(58)49-46-43-40-37-34-30-27-24-21-18-15-12-9-6-3)50-59-53(56)47-44-41-38-35-32-29-26-23-20-17-14-11-8-5-2/h24-25,27-28,52H,4-23,26,29-51H2,1-3H3/b27-24-,28-25-/t52-/m1/s1. The molecule has 6 heteroatoms. The first-order valence-electron chi connectivity index (χ1n) is 26.8. The van der Waals surface area contributed by atoms with Crippen LogP contribution in [0.3, 0.4) is 0 Å². The van der Waals surface area contributed by atoms with E-state index < -0.39 is 6.10 Å². The highest BCUT2D eigenvalue weighted by Crippen LogP contribution is 2.16. The zero-order valence-electron chi connectivity index (χ0n) is 40.9. The Labute approximate surface area is 379 Å². The van der Waals surface area contributed by atoms with Crippen molar-refractivity contribution in [2.75, 3.05) is 13.2 Å². The molecule has 0 aliphatic carbocycles. The minimum absolute atomic E-state index is 0.0733. The normalized spacial score (nSPS) is 12.1. The molecular weight excluding hydrogens is 757 g/mol. The van der Waals surface area contributed by atoms with Crippen LogP contribution in [0.1, 0.15) is 290 Å². The molecule has 0 aromatic heterocycles. The number of unbranched alkanes of at least 4 members (excludes halogenated alkanes) is 34. The lowest BCUT2D eigenvalue weighted by Gasteiger charge is -2.18. The number of allylic oxidation sites excluding steroid dienone is 4. The fourth-order valence-corrected chi connectivity index (χ4v) is 7.84. The van der Waals surface area contributed by atoms with Gasteiger partial charge in [0.15, 0.2) is 6.10 Å². The average molecular weight is 859 g/mol. The molecule has 0 saturated heterocycles. The molecule has 1 atom stereocenters. The van der Waals surface area contributed by atoms with E-state index in [0.29, 0.717) is 19.3 Å². The molecule has 0 aliphatic heterocycles. The maximum Gasteiger partial charge on any atom is 0.306 e. The Hall–Kier alpha value is -2.11. The van der Waals surface area contributed by atoms with Gasteiger partial charge in [-0.25, -0.2) is 0 Å². The lowest BCUT2D eigenvalue weighted by atomic mass is 10.0. The van der Waals surface area contributed by atoms with E-state index >= 15 is 0 Å². The maximum atomic E-state index is 12.8. The van der Waals surface area contributed by atoms with E-state index in [-0.39, 0.29) is 31.1 Å². The minimum Gasteiger partial charge on any atom is -0.462 e. The van der Waals surface area contributed by atoms with E-state index in [1.165, 1.54) is 180 Å². The molecule has 0 spiro atoms. The molecule has 358 valence electrons. The molecule has 61 heavy (non-hydrogen) atoms. The van der Waals surface area contributed by atoms with Crippen molar-refractivity contribution in [3.05, 3.63) is 24.3 Å². The molecule has 0 fully saturated rings. The zero-order chi connectivity index (χ0) is 44.4. The van der Waals surface area contributed by atoms with Crippen LogP contribution >= 0.6 is 0 Å². The second-order valence-electron chi connectivity index (χ2n) is 18.1. The van der Waals surface area contributed by atoms with Gasteiger partial charge in [-0.1, -0.05) is 225 Å². The van der Waals surface area contributed by atoms with Crippen molar-refractivity contribution in [3.8, 4) is 0 Å². The van der Waals surface area contributed by atoms with Gasteiger partial charge in [-0.2, -0.15) is 0 Å². The first-order chi connectivity index (χ1) is 30.0. The monoisotopic (exact) mass is 859 g/mol. The van der Waals surface area contributed by atoms with Crippen LogP contribution < -0.4 is 0 Å². The quantitative estimate of drug-likeness (QED) is 0.0262. The Kier molecular flexibility index (Phi) is 48.8. The summed E-state index contributed by atoms with van der Waals surface area (Å²) in [5.74, 6) is -0.876. The predicted molar refractivity (Wildman–Crippen MR) is 261 cm³/mol. The summed E-state index contributed by atoms with van der Waals surface area (Å²) < 4.78 is 16.8. The zero-order valence-corrected chi connectivity index (χ0v) is 40.9. The summed E-state index contributed by atoms with van der Waals surface area (Å²) in [7, 11) is 0. The molecule has 0 heterocycles. The Morgan fingerprint density at radius 1 is 0.311 bits per heavy atom. The van der Waals surface area contributed by atoms with Crippen LogP contribution in [0.4, 0.5) is 0 Å². The van der Waals surface area contributed by atoms with Gasteiger partial charge in [-0.15, -0.1) is 0 Å². The first kappa shape index (κ1) is 58.9. The molecule has 0 radical (unpaired) electrons. The first-order valence-corrected chi connectivity index (χ1v) is 26.8. The van der Waals surface area contributed by atoms with Crippen LogP contribution in [0.15, 0.2) is 24.3 Å². The Balaban J connectivity index is 4.36. The number of rotatable bonds is 49. The lowest BCUT2D eigenvalue weighted by molar-refractivity contribution is -0.167. The third kappa shape index (κ3) is 48.8. The van der Waals surface area contributed by atoms with E-state index in [0.717, 1.165) is 70.6 Å². The summed E-state index contributed by atoms with van der Waals surface area (Å²) in [6, 6.07) is 0. The van der Waals surface area contributed by atoms with Crippen LogP contribution in [0.25, 0.3) is 0 Å². The van der Waals surface area contributed by atoms with Gasteiger partial charge in [0, 0.05) is 19.3 Å². The largest absolute Gasteiger partial charge is 0.462 e.